The van der Waals surface area contributed by atoms with Crippen molar-refractivity contribution < 1.29 is 4.92 Å². The van der Waals surface area contributed by atoms with Crippen LogP contribution in [0.4, 0.5) is 23.3 Å². The van der Waals surface area contributed by atoms with Crippen LogP contribution >= 0.6 is 0 Å². The standard InChI is InChI=1S/C22H24N8O2/c1-14(2)15-3-5-16(6-4-15)17-13-20-25-11-12-29(20)22(27-17)26-10-9-24-19-8-7-18(30(31)32)21(23)28-19/h3-8,11-14H,9-10H2,1-2H3,(H,26,27)(H3,23,24,28). The molecule has 164 valence electrons. The van der Waals surface area contributed by atoms with Gasteiger partial charge in [0.05, 0.1) is 10.6 Å². The second-order valence-electron chi connectivity index (χ2n) is 7.61. The molecule has 3 aromatic heterocycles. The van der Waals surface area contributed by atoms with Crippen molar-refractivity contribution in [3.8, 4) is 11.3 Å². The zero-order valence-corrected chi connectivity index (χ0v) is 17.8. The molecule has 3 heterocycles. The van der Waals surface area contributed by atoms with Gasteiger partial charge in [0.2, 0.25) is 11.8 Å². The summed E-state index contributed by atoms with van der Waals surface area (Å²) >= 11 is 0. The molecule has 4 rings (SSSR count). The number of nitrogens with zero attached hydrogens (tertiary/aromatic N) is 5. The van der Waals surface area contributed by atoms with Gasteiger partial charge in [0.25, 0.3) is 0 Å². The summed E-state index contributed by atoms with van der Waals surface area (Å²) in [6, 6.07) is 13.2. The van der Waals surface area contributed by atoms with Crippen molar-refractivity contribution in [2.45, 2.75) is 19.8 Å². The summed E-state index contributed by atoms with van der Waals surface area (Å²) in [4.78, 5) is 23.5. The Morgan fingerprint density at radius 1 is 1.09 bits per heavy atom. The summed E-state index contributed by atoms with van der Waals surface area (Å²) in [6.07, 6.45) is 3.58. The van der Waals surface area contributed by atoms with E-state index < -0.39 is 4.92 Å². The van der Waals surface area contributed by atoms with Crippen molar-refractivity contribution >= 4 is 28.9 Å². The Balaban J connectivity index is 1.46. The number of aromatic nitrogens is 4. The van der Waals surface area contributed by atoms with Crippen LogP contribution in [0.3, 0.4) is 0 Å². The van der Waals surface area contributed by atoms with Crippen LogP contribution in [0.25, 0.3) is 16.9 Å². The fourth-order valence-electron chi connectivity index (χ4n) is 3.32. The molecule has 4 aromatic rings. The van der Waals surface area contributed by atoms with Crippen molar-refractivity contribution in [1.82, 2.24) is 19.4 Å². The normalized spacial score (nSPS) is 11.1. The monoisotopic (exact) mass is 432 g/mol. The van der Waals surface area contributed by atoms with Crippen LogP contribution in [0.2, 0.25) is 0 Å². The summed E-state index contributed by atoms with van der Waals surface area (Å²) in [7, 11) is 0. The van der Waals surface area contributed by atoms with Crippen molar-refractivity contribution in [2.24, 2.45) is 0 Å². The van der Waals surface area contributed by atoms with E-state index in [1.807, 2.05) is 16.7 Å². The molecule has 0 amide bonds. The van der Waals surface area contributed by atoms with Crippen LogP contribution < -0.4 is 16.4 Å². The zero-order chi connectivity index (χ0) is 22.7. The summed E-state index contributed by atoms with van der Waals surface area (Å²) < 4.78 is 1.88. The average Bonchev–Trinajstić information content (AvgIpc) is 3.25. The van der Waals surface area contributed by atoms with Gasteiger partial charge in [-0.25, -0.2) is 15.0 Å². The molecular weight excluding hydrogens is 408 g/mol. The maximum atomic E-state index is 10.9. The Hall–Kier alpha value is -4.21. The average molecular weight is 432 g/mol. The second-order valence-corrected chi connectivity index (χ2v) is 7.61. The summed E-state index contributed by atoms with van der Waals surface area (Å²) in [5.41, 5.74) is 9.35. The molecule has 0 aliphatic heterocycles. The molecule has 0 aliphatic carbocycles. The Labute approximate surface area is 184 Å². The lowest BCUT2D eigenvalue weighted by atomic mass is 10.0. The number of nitrogens with one attached hydrogen (secondary N) is 2. The third-order valence-electron chi connectivity index (χ3n) is 5.08. The van der Waals surface area contributed by atoms with Gasteiger partial charge in [0, 0.05) is 43.2 Å². The lowest BCUT2D eigenvalue weighted by molar-refractivity contribution is -0.384. The number of fused-ring (bicyclic) bond motifs is 1. The van der Waals surface area contributed by atoms with Gasteiger partial charge in [-0.3, -0.25) is 14.5 Å². The van der Waals surface area contributed by atoms with E-state index in [0.29, 0.717) is 30.8 Å². The van der Waals surface area contributed by atoms with Crippen LogP contribution in [0.15, 0.2) is 54.9 Å². The molecule has 32 heavy (non-hydrogen) atoms. The van der Waals surface area contributed by atoms with Crippen LogP contribution in [0, 0.1) is 10.1 Å². The first-order valence-electron chi connectivity index (χ1n) is 10.3. The van der Waals surface area contributed by atoms with Gasteiger partial charge < -0.3 is 16.4 Å². The van der Waals surface area contributed by atoms with E-state index in [9.17, 15) is 10.1 Å². The van der Waals surface area contributed by atoms with Gasteiger partial charge >= 0.3 is 5.69 Å². The molecule has 1 aromatic carbocycles. The van der Waals surface area contributed by atoms with Crippen LogP contribution in [0.5, 0.6) is 0 Å². The number of nitrogens with two attached hydrogens (primary N) is 1. The highest BCUT2D eigenvalue weighted by Crippen LogP contribution is 2.24. The molecule has 10 nitrogen and oxygen atoms in total. The first kappa shape index (κ1) is 21.0. The van der Waals surface area contributed by atoms with Crippen LogP contribution in [-0.2, 0) is 0 Å². The molecule has 0 saturated carbocycles. The van der Waals surface area contributed by atoms with Gasteiger partial charge in [-0.05, 0) is 17.5 Å². The molecular formula is C22H24N8O2. The predicted octanol–water partition coefficient (Wildman–Crippen LogP) is 3.93. The molecule has 0 radical (unpaired) electrons. The van der Waals surface area contributed by atoms with E-state index in [1.54, 1.807) is 6.20 Å². The summed E-state index contributed by atoms with van der Waals surface area (Å²) in [6.45, 7) is 5.38. The number of benzene rings is 1. The number of nitro groups is 1. The number of hydrogen-bond acceptors (Lipinski definition) is 8. The van der Waals surface area contributed by atoms with Gasteiger partial charge in [0.1, 0.15) is 11.5 Å². The molecule has 0 spiro atoms. The van der Waals surface area contributed by atoms with E-state index in [4.69, 9.17) is 10.7 Å². The summed E-state index contributed by atoms with van der Waals surface area (Å²) in [5, 5.41) is 17.3. The largest absolute Gasteiger partial charge is 0.378 e. The van der Waals surface area contributed by atoms with Crippen molar-refractivity contribution in [3.63, 3.8) is 0 Å². The highest BCUT2D eigenvalue weighted by Gasteiger charge is 2.13. The maximum absolute atomic E-state index is 10.9. The fourth-order valence-corrected chi connectivity index (χ4v) is 3.32. The Morgan fingerprint density at radius 2 is 1.84 bits per heavy atom. The van der Waals surface area contributed by atoms with E-state index in [2.05, 4.69) is 58.7 Å². The number of anilines is 3. The molecule has 0 fully saturated rings. The topological polar surface area (TPSA) is 136 Å². The van der Waals surface area contributed by atoms with Gasteiger partial charge in [-0.1, -0.05) is 38.1 Å². The smallest absolute Gasteiger partial charge is 0.311 e. The number of rotatable bonds is 8. The molecule has 0 bridgehead atoms. The minimum absolute atomic E-state index is 0.120. The highest BCUT2D eigenvalue weighted by atomic mass is 16.6. The molecule has 4 N–H and O–H groups in total. The first-order valence-corrected chi connectivity index (χ1v) is 10.3. The molecule has 10 heteroatoms. The van der Waals surface area contributed by atoms with Gasteiger partial charge in [-0.15, -0.1) is 0 Å². The maximum Gasteiger partial charge on any atom is 0.311 e. The number of pyridine rings is 1. The van der Waals surface area contributed by atoms with E-state index >= 15 is 0 Å². The van der Waals surface area contributed by atoms with Crippen molar-refractivity contribution in [2.75, 3.05) is 29.5 Å². The molecule has 0 unspecified atom stereocenters. The van der Waals surface area contributed by atoms with Gasteiger partial charge in [-0.2, -0.15) is 0 Å². The van der Waals surface area contributed by atoms with Crippen molar-refractivity contribution in [3.05, 3.63) is 70.5 Å². The van der Waals surface area contributed by atoms with Crippen LogP contribution in [0.1, 0.15) is 25.3 Å². The third-order valence-corrected chi connectivity index (χ3v) is 5.08. The number of imidazole rings is 1. The highest BCUT2D eigenvalue weighted by molar-refractivity contribution is 5.66. The minimum Gasteiger partial charge on any atom is -0.378 e. The third kappa shape index (κ3) is 4.43. The number of hydrogen-bond donors (Lipinski definition) is 3. The SMILES string of the molecule is CC(C)c1ccc(-c2cc3nccn3c(NCCNc3ccc([N+](=O)[O-])c(N)n3)n2)cc1. The quantitative estimate of drug-likeness (QED) is 0.216. The minimum atomic E-state index is -0.556. The lowest BCUT2D eigenvalue weighted by Crippen LogP contribution is -2.17. The first-order chi connectivity index (χ1) is 15.4. The Bertz CT molecular complexity index is 1250. The van der Waals surface area contributed by atoms with Gasteiger partial charge in [0.15, 0.2) is 0 Å². The predicted molar refractivity (Wildman–Crippen MR) is 125 cm³/mol. The molecule has 0 saturated heterocycles. The summed E-state index contributed by atoms with van der Waals surface area (Å²) in [5.74, 6) is 1.48. The Kier molecular flexibility index (Phi) is 5.84. The van der Waals surface area contributed by atoms with Crippen LogP contribution in [-0.4, -0.2) is 37.4 Å². The molecule has 0 aliphatic rings. The fraction of sp³-hybridized carbons (Fsp3) is 0.227. The zero-order valence-electron chi connectivity index (χ0n) is 17.8. The molecule has 0 atom stereocenters. The van der Waals surface area contributed by atoms with E-state index in [1.165, 1.54) is 17.7 Å². The van der Waals surface area contributed by atoms with E-state index in [-0.39, 0.29) is 11.5 Å². The van der Waals surface area contributed by atoms with Crippen molar-refractivity contribution in [1.29, 1.82) is 0 Å². The number of nitrogen functional groups attached to an aromatic ring is 1. The van der Waals surface area contributed by atoms with E-state index in [0.717, 1.165) is 16.9 Å². The Morgan fingerprint density at radius 3 is 2.53 bits per heavy atom. The lowest BCUT2D eigenvalue weighted by Gasteiger charge is -2.12. The second kappa shape index (κ2) is 8.88.